The van der Waals surface area contributed by atoms with Gasteiger partial charge in [-0.1, -0.05) is 23.8 Å². The lowest BCUT2D eigenvalue weighted by Gasteiger charge is -2.35. The quantitative estimate of drug-likeness (QED) is 0.815. The summed E-state index contributed by atoms with van der Waals surface area (Å²) in [6.45, 7) is 8.75. The molecule has 0 radical (unpaired) electrons. The first-order valence-corrected chi connectivity index (χ1v) is 5.85. The van der Waals surface area contributed by atoms with Crippen LogP contribution in [0.15, 0.2) is 18.2 Å². The normalized spacial score (nSPS) is 13.9. The van der Waals surface area contributed by atoms with E-state index in [9.17, 15) is 0 Å². The van der Waals surface area contributed by atoms with E-state index in [4.69, 9.17) is 0 Å². The number of rotatable bonds is 4. The van der Waals surface area contributed by atoms with Gasteiger partial charge in [0.25, 0.3) is 0 Å². The van der Waals surface area contributed by atoms with Gasteiger partial charge in [0, 0.05) is 11.6 Å². The molecule has 0 aromatic heterocycles. The molecule has 0 amide bonds. The fourth-order valence-corrected chi connectivity index (χ4v) is 2.12. The van der Waals surface area contributed by atoms with Gasteiger partial charge in [0.05, 0.1) is 0 Å². The minimum absolute atomic E-state index is 0.0350. The zero-order valence-corrected chi connectivity index (χ0v) is 11.3. The summed E-state index contributed by atoms with van der Waals surface area (Å²) in [4.78, 5) is 0. The van der Waals surface area contributed by atoms with Gasteiger partial charge in [0.1, 0.15) is 0 Å². The van der Waals surface area contributed by atoms with E-state index in [1.807, 2.05) is 14.1 Å². The van der Waals surface area contributed by atoms with E-state index in [1.165, 1.54) is 16.7 Å². The monoisotopic (exact) mass is 220 g/mol. The molecule has 0 fully saturated rings. The van der Waals surface area contributed by atoms with Gasteiger partial charge in [0.2, 0.25) is 0 Å². The van der Waals surface area contributed by atoms with E-state index in [1.54, 1.807) is 0 Å². The molecule has 1 aromatic rings. The zero-order valence-electron chi connectivity index (χ0n) is 11.3. The average Bonchev–Trinajstić information content (AvgIpc) is 2.24. The molecule has 1 unspecified atom stereocenters. The van der Waals surface area contributed by atoms with Crippen LogP contribution in [0.25, 0.3) is 0 Å². The molecule has 0 spiro atoms. The molecule has 0 saturated heterocycles. The van der Waals surface area contributed by atoms with Crippen LogP contribution in [0, 0.1) is 13.8 Å². The Bertz CT molecular complexity index is 356. The summed E-state index contributed by atoms with van der Waals surface area (Å²) >= 11 is 0. The first-order chi connectivity index (χ1) is 7.42. The Kier molecular flexibility index (Phi) is 4.11. The largest absolute Gasteiger partial charge is 0.313 e. The Morgan fingerprint density at radius 2 is 1.75 bits per heavy atom. The highest BCUT2D eigenvalue weighted by molar-refractivity contribution is 5.34. The molecule has 1 atom stereocenters. The minimum atomic E-state index is 0.0350. The van der Waals surface area contributed by atoms with Crippen molar-refractivity contribution in [1.29, 1.82) is 0 Å². The number of hydrogen-bond donors (Lipinski definition) is 2. The Hall–Kier alpha value is -0.860. The molecular weight excluding hydrogens is 196 g/mol. The molecule has 0 aliphatic heterocycles. The lowest BCUT2D eigenvalue weighted by atomic mass is 9.86. The highest BCUT2D eigenvalue weighted by Gasteiger charge is 2.28. The summed E-state index contributed by atoms with van der Waals surface area (Å²) in [5, 5.41) is 6.79. The smallest absolute Gasteiger partial charge is 0.0499 e. The highest BCUT2D eigenvalue weighted by Crippen LogP contribution is 2.28. The number of hydrogen-bond acceptors (Lipinski definition) is 2. The van der Waals surface area contributed by atoms with Crippen LogP contribution in [-0.2, 0) is 0 Å². The summed E-state index contributed by atoms with van der Waals surface area (Å²) in [6, 6.07) is 6.95. The van der Waals surface area contributed by atoms with Crippen LogP contribution in [0.5, 0.6) is 0 Å². The van der Waals surface area contributed by atoms with Gasteiger partial charge in [-0.15, -0.1) is 0 Å². The van der Waals surface area contributed by atoms with E-state index in [-0.39, 0.29) is 5.54 Å². The molecule has 0 bridgehead atoms. The molecule has 90 valence electrons. The molecule has 2 nitrogen and oxygen atoms in total. The summed E-state index contributed by atoms with van der Waals surface area (Å²) in [6.07, 6.45) is 0. The van der Waals surface area contributed by atoms with Gasteiger partial charge in [-0.25, -0.2) is 0 Å². The van der Waals surface area contributed by atoms with Crippen LogP contribution >= 0.6 is 0 Å². The molecule has 1 aromatic carbocycles. The second-order valence-electron chi connectivity index (χ2n) is 5.05. The van der Waals surface area contributed by atoms with Crippen LogP contribution in [0.3, 0.4) is 0 Å². The highest BCUT2D eigenvalue weighted by atomic mass is 15.0. The summed E-state index contributed by atoms with van der Waals surface area (Å²) in [5.41, 5.74) is 4.07. The number of aryl methyl sites for hydroxylation is 2. The maximum absolute atomic E-state index is 3.42. The van der Waals surface area contributed by atoms with Crippen LogP contribution in [0.4, 0.5) is 0 Å². The van der Waals surface area contributed by atoms with E-state index in [0.29, 0.717) is 6.04 Å². The molecule has 2 heteroatoms. The van der Waals surface area contributed by atoms with Crippen molar-refractivity contribution in [2.75, 3.05) is 14.1 Å². The van der Waals surface area contributed by atoms with Crippen molar-refractivity contribution in [2.24, 2.45) is 0 Å². The topological polar surface area (TPSA) is 24.1 Å². The van der Waals surface area contributed by atoms with E-state index < -0.39 is 0 Å². The molecule has 0 aliphatic rings. The minimum Gasteiger partial charge on any atom is -0.313 e. The van der Waals surface area contributed by atoms with Crippen molar-refractivity contribution < 1.29 is 0 Å². The van der Waals surface area contributed by atoms with Crippen molar-refractivity contribution in [3.05, 3.63) is 34.9 Å². The van der Waals surface area contributed by atoms with Crippen LogP contribution < -0.4 is 10.6 Å². The number of likely N-dealkylation sites (N-methyl/N-ethyl adjacent to an activating group) is 2. The van der Waals surface area contributed by atoms with E-state index in [0.717, 1.165) is 0 Å². The first kappa shape index (κ1) is 13.2. The third kappa shape index (κ3) is 2.63. The average molecular weight is 220 g/mol. The van der Waals surface area contributed by atoms with Crippen molar-refractivity contribution >= 4 is 0 Å². The van der Waals surface area contributed by atoms with Crippen LogP contribution in [0.1, 0.15) is 36.6 Å². The third-order valence-electron chi connectivity index (χ3n) is 3.40. The van der Waals surface area contributed by atoms with Gasteiger partial charge in [0.15, 0.2) is 0 Å². The lowest BCUT2D eigenvalue weighted by Crippen LogP contribution is -2.47. The SMILES string of the molecule is CNC(c1cc(C)ccc1C)C(C)(C)NC. The first-order valence-electron chi connectivity index (χ1n) is 5.85. The molecular formula is C14H24N2. The van der Waals surface area contributed by atoms with Crippen LogP contribution in [-0.4, -0.2) is 19.6 Å². The van der Waals surface area contributed by atoms with Crippen molar-refractivity contribution in [3.63, 3.8) is 0 Å². The standard InChI is InChI=1S/C14H24N2/c1-10-7-8-11(2)12(9-10)13(15-5)14(3,4)16-6/h7-9,13,15-16H,1-6H3. The second kappa shape index (κ2) is 4.98. The molecule has 1 rings (SSSR count). The summed E-state index contributed by atoms with van der Waals surface area (Å²) in [7, 11) is 4.03. The van der Waals surface area contributed by atoms with Crippen molar-refractivity contribution in [2.45, 2.75) is 39.3 Å². The van der Waals surface area contributed by atoms with Gasteiger partial charge in [-0.05, 0) is 52.9 Å². The summed E-state index contributed by atoms with van der Waals surface area (Å²) in [5.74, 6) is 0. The molecule has 0 aliphatic carbocycles. The van der Waals surface area contributed by atoms with E-state index in [2.05, 4.69) is 56.5 Å². The maximum Gasteiger partial charge on any atom is 0.0499 e. The Balaban J connectivity index is 3.18. The predicted molar refractivity (Wildman–Crippen MR) is 70.9 cm³/mol. The lowest BCUT2D eigenvalue weighted by molar-refractivity contribution is 0.310. The predicted octanol–water partition coefficient (Wildman–Crippen LogP) is 2.56. The zero-order chi connectivity index (χ0) is 12.3. The Morgan fingerprint density at radius 1 is 1.12 bits per heavy atom. The Morgan fingerprint density at radius 3 is 2.25 bits per heavy atom. The van der Waals surface area contributed by atoms with Gasteiger partial charge >= 0.3 is 0 Å². The Labute approximate surface area is 99.5 Å². The molecule has 2 N–H and O–H groups in total. The fraction of sp³-hybridized carbons (Fsp3) is 0.571. The second-order valence-corrected chi connectivity index (χ2v) is 5.05. The van der Waals surface area contributed by atoms with Crippen molar-refractivity contribution in [1.82, 2.24) is 10.6 Å². The third-order valence-corrected chi connectivity index (χ3v) is 3.40. The molecule has 0 saturated carbocycles. The van der Waals surface area contributed by atoms with Gasteiger partial charge < -0.3 is 10.6 Å². The molecule has 16 heavy (non-hydrogen) atoms. The summed E-state index contributed by atoms with van der Waals surface area (Å²) < 4.78 is 0. The van der Waals surface area contributed by atoms with Crippen molar-refractivity contribution in [3.8, 4) is 0 Å². The van der Waals surface area contributed by atoms with E-state index >= 15 is 0 Å². The van der Waals surface area contributed by atoms with Crippen LogP contribution in [0.2, 0.25) is 0 Å². The van der Waals surface area contributed by atoms with Gasteiger partial charge in [-0.3, -0.25) is 0 Å². The maximum atomic E-state index is 3.42. The van der Waals surface area contributed by atoms with Gasteiger partial charge in [-0.2, -0.15) is 0 Å². The fourth-order valence-electron chi connectivity index (χ4n) is 2.12. The number of benzene rings is 1. The molecule has 0 heterocycles. The number of nitrogens with one attached hydrogen (secondary N) is 2.